The minimum absolute atomic E-state index is 0.123. The molecule has 0 aliphatic rings. The Hall–Kier alpha value is -5.54. The Labute approximate surface area is 259 Å². The third-order valence-electron chi connectivity index (χ3n) is 6.04. The molecule has 44 heavy (non-hydrogen) atoms. The average Bonchev–Trinajstić information content (AvgIpc) is 3.02. The van der Waals surface area contributed by atoms with E-state index in [4.69, 9.17) is 21.1 Å². The van der Waals surface area contributed by atoms with Gasteiger partial charge in [-0.25, -0.2) is 15.0 Å². The Morgan fingerprint density at radius 1 is 0.750 bits per heavy atom. The molecule has 0 aliphatic carbocycles. The smallest absolute Gasteiger partial charge is 0.343 e. The summed E-state index contributed by atoms with van der Waals surface area (Å²) in [4.78, 5) is 49.5. The predicted octanol–water partition coefficient (Wildman–Crippen LogP) is 6.54. The monoisotopic (exact) mass is 609 g/mol. The highest BCUT2D eigenvalue weighted by Gasteiger charge is 2.12. The van der Waals surface area contributed by atoms with Gasteiger partial charge in [-0.05, 0) is 72.8 Å². The molecule has 0 heterocycles. The zero-order valence-corrected chi connectivity index (χ0v) is 24.6. The van der Waals surface area contributed by atoms with Gasteiger partial charge in [-0.15, -0.1) is 0 Å². The number of ether oxygens (including phenoxy) is 2. The lowest BCUT2D eigenvalue weighted by molar-refractivity contribution is -0.129. The molecular weight excluding hydrogens is 582 g/mol. The van der Waals surface area contributed by atoms with Crippen LogP contribution in [0, 0.1) is 5.92 Å². The molecule has 9 nitrogen and oxygen atoms in total. The van der Waals surface area contributed by atoms with E-state index in [9.17, 15) is 19.2 Å². The Kier molecular flexibility index (Phi) is 10.8. The van der Waals surface area contributed by atoms with Crippen molar-refractivity contribution in [2.75, 3.05) is 5.32 Å². The van der Waals surface area contributed by atoms with Gasteiger partial charge in [-0.2, -0.15) is 5.10 Å². The number of nitrogens with zero attached hydrogens (tertiary/aromatic N) is 1. The van der Waals surface area contributed by atoms with E-state index in [1.165, 1.54) is 18.4 Å². The van der Waals surface area contributed by atoms with E-state index < -0.39 is 17.8 Å². The largest absolute Gasteiger partial charge is 0.423 e. The van der Waals surface area contributed by atoms with E-state index in [2.05, 4.69) is 15.8 Å². The van der Waals surface area contributed by atoms with Gasteiger partial charge in [-0.3, -0.25) is 9.59 Å². The fourth-order valence-electron chi connectivity index (χ4n) is 3.65. The summed E-state index contributed by atoms with van der Waals surface area (Å²) >= 11 is 5.89. The van der Waals surface area contributed by atoms with Crippen molar-refractivity contribution in [3.8, 4) is 11.5 Å². The number of hydrogen-bond donors (Lipinski definition) is 2. The van der Waals surface area contributed by atoms with Crippen molar-refractivity contribution in [2.45, 2.75) is 13.8 Å². The SMILES string of the molecule is CC(C)C(=O)Nc1ccc(C(=O)N/N=C/c2ccccc2OC(=O)/C=C/c2ccccc2OC(=O)c2ccc(Cl)cc2)cc1. The molecule has 0 spiro atoms. The number of amides is 2. The summed E-state index contributed by atoms with van der Waals surface area (Å²) in [6.07, 6.45) is 4.04. The molecule has 10 heteroatoms. The van der Waals surface area contributed by atoms with E-state index >= 15 is 0 Å². The van der Waals surface area contributed by atoms with Crippen LogP contribution in [-0.2, 0) is 9.59 Å². The maximum Gasteiger partial charge on any atom is 0.343 e. The number of esters is 2. The second-order valence-electron chi connectivity index (χ2n) is 9.65. The number of benzene rings is 4. The van der Waals surface area contributed by atoms with Crippen molar-refractivity contribution in [2.24, 2.45) is 11.0 Å². The molecule has 0 saturated carbocycles. The van der Waals surface area contributed by atoms with Gasteiger partial charge >= 0.3 is 11.9 Å². The number of halogens is 1. The van der Waals surface area contributed by atoms with E-state index in [1.54, 1.807) is 111 Å². The number of carbonyl (C=O) groups excluding carboxylic acids is 4. The van der Waals surface area contributed by atoms with Gasteiger partial charge in [0.1, 0.15) is 11.5 Å². The average molecular weight is 610 g/mol. The number of hydrazone groups is 1. The number of carbonyl (C=O) groups is 4. The summed E-state index contributed by atoms with van der Waals surface area (Å²) in [7, 11) is 0. The zero-order chi connectivity index (χ0) is 31.5. The Balaban J connectivity index is 1.36. The highest BCUT2D eigenvalue weighted by atomic mass is 35.5. The fourth-order valence-corrected chi connectivity index (χ4v) is 3.78. The van der Waals surface area contributed by atoms with Gasteiger partial charge in [0.2, 0.25) is 5.91 Å². The van der Waals surface area contributed by atoms with Crippen LogP contribution in [0.4, 0.5) is 5.69 Å². The molecule has 0 aromatic heterocycles. The minimum Gasteiger partial charge on any atom is -0.423 e. The maximum atomic E-state index is 12.7. The molecule has 4 aromatic carbocycles. The van der Waals surface area contributed by atoms with Crippen LogP contribution >= 0.6 is 11.6 Å². The van der Waals surface area contributed by atoms with Crippen molar-refractivity contribution in [1.82, 2.24) is 5.43 Å². The van der Waals surface area contributed by atoms with Gasteiger partial charge in [-0.1, -0.05) is 55.8 Å². The van der Waals surface area contributed by atoms with Crippen LogP contribution < -0.4 is 20.2 Å². The van der Waals surface area contributed by atoms with Crippen molar-refractivity contribution < 1.29 is 28.7 Å². The Morgan fingerprint density at radius 2 is 1.34 bits per heavy atom. The van der Waals surface area contributed by atoms with Gasteiger partial charge in [0.15, 0.2) is 0 Å². The molecule has 0 atom stereocenters. The summed E-state index contributed by atoms with van der Waals surface area (Å²) in [6.45, 7) is 3.58. The third kappa shape index (κ3) is 8.98. The second kappa shape index (κ2) is 15.1. The van der Waals surface area contributed by atoms with E-state index in [0.717, 1.165) is 0 Å². The van der Waals surface area contributed by atoms with Gasteiger partial charge in [0, 0.05) is 39.4 Å². The highest BCUT2D eigenvalue weighted by Crippen LogP contribution is 2.22. The lowest BCUT2D eigenvalue weighted by Crippen LogP contribution is -2.19. The lowest BCUT2D eigenvalue weighted by Gasteiger charge is -2.08. The normalized spacial score (nSPS) is 11.0. The number of nitrogens with one attached hydrogen (secondary N) is 2. The summed E-state index contributed by atoms with van der Waals surface area (Å²) in [5, 5.41) is 7.24. The zero-order valence-electron chi connectivity index (χ0n) is 23.8. The number of hydrogen-bond acceptors (Lipinski definition) is 7. The molecule has 0 bridgehead atoms. The molecular formula is C34H28ClN3O6. The molecule has 2 amide bonds. The summed E-state index contributed by atoms with van der Waals surface area (Å²) in [5.74, 6) is -1.53. The molecule has 0 radical (unpaired) electrons. The first-order valence-corrected chi connectivity index (χ1v) is 13.9. The topological polar surface area (TPSA) is 123 Å². The molecule has 2 N–H and O–H groups in total. The summed E-state index contributed by atoms with van der Waals surface area (Å²) in [6, 6.07) is 26.1. The van der Waals surface area contributed by atoms with Crippen LogP contribution in [0.1, 0.15) is 45.7 Å². The molecule has 4 aromatic rings. The first kappa shape index (κ1) is 31.4. The number of anilines is 1. The third-order valence-corrected chi connectivity index (χ3v) is 6.29. The van der Waals surface area contributed by atoms with Crippen LogP contribution in [0.25, 0.3) is 6.08 Å². The highest BCUT2D eigenvalue weighted by molar-refractivity contribution is 6.30. The first-order valence-electron chi connectivity index (χ1n) is 13.5. The summed E-state index contributed by atoms with van der Waals surface area (Å²) < 4.78 is 11.0. The Bertz CT molecular complexity index is 1710. The number of para-hydroxylation sites is 2. The molecule has 222 valence electrons. The fraction of sp³-hybridized carbons (Fsp3) is 0.0882. The first-order chi connectivity index (χ1) is 21.2. The van der Waals surface area contributed by atoms with Crippen LogP contribution in [0.5, 0.6) is 11.5 Å². The van der Waals surface area contributed by atoms with E-state index in [0.29, 0.717) is 33.0 Å². The van der Waals surface area contributed by atoms with Crippen molar-refractivity contribution in [1.29, 1.82) is 0 Å². The van der Waals surface area contributed by atoms with Crippen LogP contribution in [0.3, 0.4) is 0 Å². The predicted molar refractivity (Wildman–Crippen MR) is 169 cm³/mol. The van der Waals surface area contributed by atoms with Gasteiger partial charge < -0.3 is 14.8 Å². The molecule has 0 unspecified atom stereocenters. The van der Waals surface area contributed by atoms with Crippen LogP contribution in [0.2, 0.25) is 5.02 Å². The quantitative estimate of drug-likeness (QED) is 0.0692. The Morgan fingerprint density at radius 3 is 2.00 bits per heavy atom. The molecule has 0 fully saturated rings. The molecule has 0 saturated heterocycles. The van der Waals surface area contributed by atoms with Gasteiger partial charge in [0.25, 0.3) is 5.91 Å². The van der Waals surface area contributed by atoms with Crippen molar-refractivity contribution in [3.63, 3.8) is 0 Å². The molecule has 0 aliphatic heterocycles. The van der Waals surface area contributed by atoms with E-state index in [-0.39, 0.29) is 23.3 Å². The molecule has 4 rings (SSSR count). The second-order valence-corrected chi connectivity index (χ2v) is 10.1. The summed E-state index contributed by atoms with van der Waals surface area (Å²) in [5.41, 5.74) is 4.61. The minimum atomic E-state index is -0.682. The van der Waals surface area contributed by atoms with E-state index in [1.807, 2.05) is 0 Å². The standard InChI is InChI=1S/C34H28ClN3O6/c1-22(2)32(40)37-28-18-13-24(14-19-28)33(41)38-36-21-26-8-4-6-10-30(26)43-31(39)20-15-23-7-3-5-9-29(23)44-34(42)25-11-16-27(35)17-12-25/h3-22H,1-2H3,(H,37,40)(H,38,41)/b20-15+,36-21+. The van der Waals surface area contributed by atoms with Gasteiger partial charge in [0.05, 0.1) is 11.8 Å². The van der Waals surface area contributed by atoms with Crippen LogP contribution in [-0.4, -0.2) is 30.0 Å². The maximum absolute atomic E-state index is 12.7. The van der Waals surface area contributed by atoms with Crippen molar-refractivity contribution >= 4 is 53.3 Å². The lowest BCUT2D eigenvalue weighted by atomic mass is 10.1. The number of rotatable bonds is 10. The van der Waals surface area contributed by atoms with Crippen LogP contribution in [0.15, 0.2) is 108 Å². The van der Waals surface area contributed by atoms with Crippen molar-refractivity contribution in [3.05, 3.63) is 130 Å².